The second kappa shape index (κ2) is 5.21. The molecule has 2 rings (SSSR count). The summed E-state index contributed by atoms with van der Waals surface area (Å²) < 4.78 is 2.12. The minimum absolute atomic E-state index is 0.0209. The molecule has 1 aliphatic carbocycles. The van der Waals surface area contributed by atoms with Crippen molar-refractivity contribution in [1.29, 1.82) is 0 Å². The predicted octanol–water partition coefficient (Wildman–Crippen LogP) is 3.06. The molecule has 3 nitrogen and oxygen atoms in total. The van der Waals surface area contributed by atoms with Gasteiger partial charge >= 0.3 is 0 Å². The average molecular weight is 235 g/mol. The molecule has 0 saturated heterocycles. The van der Waals surface area contributed by atoms with E-state index in [-0.39, 0.29) is 5.54 Å². The first-order chi connectivity index (χ1) is 8.17. The van der Waals surface area contributed by atoms with Crippen molar-refractivity contribution in [3.63, 3.8) is 0 Å². The first kappa shape index (κ1) is 12.6. The Morgan fingerprint density at radius 2 is 2.00 bits per heavy atom. The summed E-state index contributed by atoms with van der Waals surface area (Å²) in [6.45, 7) is 4.44. The van der Waals surface area contributed by atoms with Gasteiger partial charge in [0.1, 0.15) is 0 Å². The zero-order chi connectivity index (χ0) is 12.3. The fourth-order valence-electron chi connectivity index (χ4n) is 2.95. The van der Waals surface area contributed by atoms with E-state index in [1.54, 1.807) is 0 Å². The first-order valence-electron chi connectivity index (χ1n) is 7.00. The molecule has 1 aromatic rings. The molecule has 0 spiro atoms. The summed E-state index contributed by atoms with van der Waals surface area (Å²) >= 11 is 0. The van der Waals surface area contributed by atoms with Crippen LogP contribution in [0.25, 0.3) is 0 Å². The number of hydrogen-bond acceptors (Lipinski definition) is 2. The summed E-state index contributed by atoms with van der Waals surface area (Å²) in [4.78, 5) is 0. The molecule has 1 aromatic heterocycles. The van der Waals surface area contributed by atoms with Crippen molar-refractivity contribution in [3.05, 3.63) is 18.0 Å². The lowest BCUT2D eigenvalue weighted by atomic mass is 9.93. The molecule has 1 saturated carbocycles. The lowest BCUT2D eigenvalue weighted by Gasteiger charge is -2.22. The van der Waals surface area contributed by atoms with E-state index in [4.69, 9.17) is 10.8 Å². The van der Waals surface area contributed by atoms with Crippen LogP contribution in [0.4, 0.5) is 0 Å². The smallest absolute Gasteiger partial charge is 0.0643 e. The molecule has 0 atom stereocenters. The van der Waals surface area contributed by atoms with Crippen molar-refractivity contribution < 1.29 is 0 Å². The van der Waals surface area contributed by atoms with Crippen LogP contribution >= 0.6 is 0 Å². The van der Waals surface area contributed by atoms with Crippen LogP contribution in [0.5, 0.6) is 0 Å². The van der Waals surface area contributed by atoms with Gasteiger partial charge in [0, 0.05) is 18.2 Å². The van der Waals surface area contributed by atoms with Crippen LogP contribution in [0.2, 0.25) is 0 Å². The predicted molar refractivity (Wildman–Crippen MR) is 70.9 cm³/mol. The van der Waals surface area contributed by atoms with Gasteiger partial charge in [-0.2, -0.15) is 5.10 Å². The third kappa shape index (κ3) is 2.89. The van der Waals surface area contributed by atoms with Crippen molar-refractivity contribution in [1.82, 2.24) is 9.78 Å². The third-order valence-electron chi connectivity index (χ3n) is 4.11. The van der Waals surface area contributed by atoms with Gasteiger partial charge in [0.25, 0.3) is 0 Å². The van der Waals surface area contributed by atoms with Gasteiger partial charge in [-0.3, -0.25) is 4.68 Å². The Labute approximate surface area is 104 Å². The maximum Gasteiger partial charge on any atom is 0.0643 e. The second-order valence-corrected chi connectivity index (χ2v) is 5.50. The van der Waals surface area contributed by atoms with Gasteiger partial charge in [-0.05, 0) is 31.7 Å². The van der Waals surface area contributed by atoms with Gasteiger partial charge in [-0.25, -0.2) is 0 Å². The lowest BCUT2D eigenvalue weighted by molar-refractivity contribution is 0.406. The topological polar surface area (TPSA) is 43.8 Å². The zero-order valence-electron chi connectivity index (χ0n) is 11.2. The number of aromatic nitrogens is 2. The summed E-state index contributed by atoms with van der Waals surface area (Å²) in [7, 11) is 0. The molecule has 0 aromatic carbocycles. The van der Waals surface area contributed by atoms with Gasteiger partial charge in [-0.1, -0.05) is 26.7 Å². The van der Waals surface area contributed by atoms with Gasteiger partial charge in [0.05, 0.1) is 11.7 Å². The van der Waals surface area contributed by atoms with E-state index >= 15 is 0 Å². The highest BCUT2D eigenvalue weighted by molar-refractivity contribution is 5.07. The second-order valence-electron chi connectivity index (χ2n) is 5.50. The highest BCUT2D eigenvalue weighted by Gasteiger charge is 2.30. The van der Waals surface area contributed by atoms with E-state index in [9.17, 15) is 0 Å². The Hall–Kier alpha value is -0.830. The fraction of sp³-hybridized carbons (Fsp3) is 0.786. The largest absolute Gasteiger partial charge is 0.325 e. The minimum atomic E-state index is 0.0209. The zero-order valence-corrected chi connectivity index (χ0v) is 11.2. The molecule has 17 heavy (non-hydrogen) atoms. The van der Waals surface area contributed by atoms with Crippen molar-refractivity contribution in [2.45, 2.75) is 70.4 Å². The van der Waals surface area contributed by atoms with E-state index in [0.717, 1.165) is 32.1 Å². The Kier molecular flexibility index (Phi) is 3.87. The fourth-order valence-corrected chi connectivity index (χ4v) is 2.95. The quantitative estimate of drug-likeness (QED) is 0.852. The Morgan fingerprint density at radius 3 is 2.59 bits per heavy atom. The minimum Gasteiger partial charge on any atom is -0.325 e. The van der Waals surface area contributed by atoms with Crippen molar-refractivity contribution in [2.75, 3.05) is 0 Å². The Balaban J connectivity index is 2.03. The highest BCUT2D eigenvalue weighted by Crippen LogP contribution is 2.30. The first-order valence-corrected chi connectivity index (χ1v) is 7.00. The average Bonchev–Trinajstić information content (AvgIpc) is 2.91. The van der Waals surface area contributed by atoms with Gasteiger partial charge in [0.15, 0.2) is 0 Å². The van der Waals surface area contributed by atoms with E-state index < -0.39 is 0 Å². The summed E-state index contributed by atoms with van der Waals surface area (Å²) in [5.41, 5.74) is 7.58. The maximum atomic E-state index is 6.39. The van der Waals surface area contributed by atoms with Gasteiger partial charge < -0.3 is 5.73 Å². The van der Waals surface area contributed by atoms with Crippen LogP contribution in [0, 0.1) is 0 Å². The molecule has 96 valence electrons. The van der Waals surface area contributed by atoms with Crippen LogP contribution < -0.4 is 5.73 Å². The van der Waals surface area contributed by atoms with Crippen molar-refractivity contribution in [2.24, 2.45) is 5.73 Å². The third-order valence-corrected chi connectivity index (χ3v) is 4.11. The van der Waals surface area contributed by atoms with Crippen LogP contribution in [-0.4, -0.2) is 15.3 Å². The molecule has 0 bridgehead atoms. The molecular weight excluding hydrogens is 210 g/mol. The van der Waals surface area contributed by atoms with Crippen LogP contribution in [0.15, 0.2) is 12.3 Å². The molecule has 1 aliphatic rings. The molecule has 0 radical (unpaired) electrons. The van der Waals surface area contributed by atoms with E-state index in [0.29, 0.717) is 6.04 Å². The molecular formula is C14H25N3. The van der Waals surface area contributed by atoms with Crippen molar-refractivity contribution >= 4 is 0 Å². The number of rotatable bonds is 5. The summed E-state index contributed by atoms with van der Waals surface area (Å²) in [5.74, 6) is 0. The normalized spacial score (nSPS) is 19.1. The molecule has 1 heterocycles. The highest BCUT2D eigenvalue weighted by atomic mass is 15.3. The van der Waals surface area contributed by atoms with Crippen LogP contribution in [0.1, 0.15) is 64.1 Å². The summed E-state index contributed by atoms with van der Waals surface area (Å²) in [6, 6.07) is 2.69. The summed E-state index contributed by atoms with van der Waals surface area (Å²) in [6.07, 6.45) is 10.2. The summed E-state index contributed by atoms with van der Waals surface area (Å²) in [5, 5.41) is 4.70. The standard InChI is InChI=1S/C14H25N3/c1-3-13(4-2)17-10-7-12(16-17)11-14(15)8-5-6-9-14/h7,10,13H,3-6,8-9,11,15H2,1-2H3. The van der Waals surface area contributed by atoms with Crippen LogP contribution in [0.3, 0.4) is 0 Å². The molecule has 0 amide bonds. The maximum absolute atomic E-state index is 6.39. The number of hydrogen-bond donors (Lipinski definition) is 1. The molecule has 0 aliphatic heterocycles. The number of nitrogens with zero attached hydrogens (tertiary/aromatic N) is 2. The molecule has 0 unspecified atom stereocenters. The molecule has 2 N–H and O–H groups in total. The van der Waals surface area contributed by atoms with Gasteiger partial charge in [0.2, 0.25) is 0 Å². The Morgan fingerprint density at radius 1 is 1.35 bits per heavy atom. The van der Waals surface area contributed by atoms with E-state index in [1.807, 2.05) is 0 Å². The SMILES string of the molecule is CCC(CC)n1ccc(CC2(N)CCCC2)n1. The monoisotopic (exact) mass is 235 g/mol. The van der Waals surface area contributed by atoms with E-state index in [1.165, 1.54) is 18.5 Å². The molecule has 1 fully saturated rings. The lowest BCUT2D eigenvalue weighted by Crippen LogP contribution is -2.38. The number of nitrogens with two attached hydrogens (primary N) is 1. The van der Waals surface area contributed by atoms with Gasteiger partial charge in [-0.15, -0.1) is 0 Å². The Bertz CT molecular complexity index is 346. The molecule has 3 heteroatoms. The van der Waals surface area contributed by atoms with Crippen LogP contribution in [-0.2, 0) is 6.42 Å². The van der Waals surface area contributed by atoms with E-state index in [2.05, 4.69) is 30.8 Å². The van der Waals surface area contributed by atoms with Crippen molar-refractivity contribution in [3.8, 4) is 0 Å².